The van der Waals surface area contributed by atoms with Gasteiger partial charge in [-0.15, -0.1) is 12.4 Å². The van der Waals surface area contributed by atoms with Crippen LogP contribution in [0.2, 0.25) is 0 Å². The molecule has 0 radical (unpaired) electrons. The molecule has 3 aromatic carbocycles. The van der Waals surface area contributed by atoms with Crippen molar-refractivity contribution in [1.82, 2.24) is 15.0 Å². The van der Waals surface area contributed by atoms with Gasteiger partial charge in [-0.1, -0.05) is 42.5 Å². The Labute approximate surface area is 169 Å². The number of aryl methyl sites for hydroxylation is 1. The van der Waals surface area contributed by atoms with Crippen LogP contribution in [0.3, 0.4) is 0 Å². The van der Waals surface area contributed by atoms with Crippen LogP contribution in [-0.4, -0.2) is 15.0 Å². The molecule has 0 aliphatic carbocycles. The molecule has 0 atom stereocenters. The lowest BCUT2D eigenvalue weighted by atomic mass is 10.1. The topological polar surface area (TPSA) is 53.6 Å². The van der Waals surface area contributed by atoms with Crippen LogP contribution in [0.5, 0.6) is 0 Å². The third-order valence-corrected chi connectivity index (χ3v) is 4.77. The van der Waals surface area contributed by atoms with Gasteiger partial charge in [0.1, 0.15) is 11.8 Å². The van der Waals surface area contributed by atoms with E-state index in [0.29, 0.717) is 0 Å². The second-order valence-electron chi connectivity index (χ2n) is 6.66. The Morgan fingerprint density at radius 2 is 1.57 bits per heavy atom. The highest BCUT2D eigenvalue weighted by atomic mass is 35.5. The van der Waals surface area contributed by atoms with Gasteiger partial charge in [0.25, 0.3) is 0 Å². The van der Waals surface area contributed by atoms with Crippen molar-refractivity contribution in [2.45, 2.75) is 6.92 Å². The molecule has 4 nitrogen and oxygen atoms in total. The number of pyridine rings is 1. The van der Waals surface area contributed by atoms with E-state index >= 15 is 0 Å². The lowest BCUT2D eigenvalue weighted by molar-refractivity contribution is 1.26. The molecule has 0 saturated carbocycles. The molecule has 2 aromatic heterocycles. The first kappa shape index (κ1) is 18.0. The molecule has 5 aromatic rings. The van der Waals surface area contributed by atoms with Gasteiger partial charge < -0.3 is 10.3 Å². The molecule has 28 heavy (non-hydrogen) atoms. The van der Waals surface area contributed by atoms with Crippen molar-refractivity contribution < 1.29 is 0 Å². The predicted octanol–water partition coefficient (Wildman–Crippen LogP) is 6.25. The molecule has 138 valence electrons. The Kier molecular flexibility index (Phi) is 4.72. The molecule has 0 amide bonds. The van der Waals surface area contributed by atoms with Crippen molar-refractivity contribution in [3.8, 4) is 11.1 Å². The Hall–Kier alpha value is -3.37. The summed E-state index contributed by atoms with van der Waals surface area (Å²) in [5, 5.41) is 4.62. The molecule has 5 heteroatoms. The van der Waals surface area contributed by atoms with Crippen molar-refractivity contribution in [3.05, 3.63) is 84.8 Å². The van der Waals surface area contributed by atoms with Gasteiger partial charge in [-0.25, -0.2) is 9.97 Å². The molecule has 0 fully saturated rings. The summed E-state index contributed by atoms with van der Waals surface area (Å²) in [5.41, 5.74) is 8.43. The van der Waals surface area contributed by atoms with Crippen molar-refractivity contribution in [2.75, 3.05) is 5.32 Å². The van der Waals surface area contributed by atoms with Crippen molar-refractivity contribution >= 4 is 45.7 Å². The highest BCUT2D eigenvalue weighted by molar-refractivity contribution is 6.10. The van der Waals surface area contributed by atoms with Crippen LogP contribution < -0.4 is 5.32 Å². The second kappa shape index (κ2) is 7.33. The van der Waals surface area contributed by atoms with Crippen LogP contribution >= 0.6 is 12.4 Å². The molecule has 0 aliphatic rings. The predicted molar refractivity (Wildman–Crippen MR) is 119 cm³/mol. The zero-order valence-corrected chi connectivity index (χ0v) is 16.1. The number of aromatic nitrogens is 3. The van der Waals surface area contributed by atoms with Gasteiger partial charge in [-0.05, 0) is 48.4 Å². The summed E-state index contributed by atoms with van der Waals surface area (Å²) in [6.45, 7) is 2.06. The quantitative estimate of drug-likeness (QED) is 0.385. The Bertz CT molecular complexity index is 1240. The van der Waals surface area contributed by atoms with Crippen LogP contribution in [0.15, 0.2) is 79.1 Å². The smallest absolute Gasteiger partial charge is 0.116 e. The van der Waals surface area contributed by atoms with Gasteiger partial charge in [0, 0.05) is 22.3 Å². The van der Waals surface area contributed by atoms with Crippen LogP contribution in [0.25, 0.3) is 33.1 Å². The summed E-state index contributed by atoms with van der Waals surface area (Å²) < 4.78 is 0. The summed E-state index contributed by atoms with van der Waals surface area (Å²) in [5.74, 6) is 0. The zero-order chi connectivity index (χ0) is 18.2. The Balaban J connectivity index is 0.00000192. The van der Waals surface area contributed by atoms with Gasteiger partial charge >= 0.3 is 0 Å². The largest absolute Gasteiger partial charge is 0.358 e. The number of nitrogens with one attached hydrogen (secondary N) is 2. The summed E-state index contributed by atoms with van der Waals surface area (Å²) >= 11 is 0. The first-order valence-corrected chi connectivity index (χ1v) is 8.93. The van der Waals surface area contributed by atoms with E-state index in [2.05, 4.69) is 87.9 Å². The normalized spacial score (nSPS) is 10.8. The molecular formula is C23H19ClN4. The van der Waals surface area contributed by atoms with Crippen molar-refractivity contribution in [3.63, 3.8) is 0 Å². The summed E-state index contributed by atoms with van der Waals surface area (Å²) in [4.78, 5) is 12.2. The van der Waals surface area contributed by atoms with Gasteiger partial charge in [-0.3, -0.25) is 0 Å². The zero-order valence-electron chi connectivity index (χ0n) is 15.3. The molecule has 2 heterocycles. The maximum Gasteiger partial charge on any atom is 0.116 e. The minimum Gasteiger partial charge on any atom is -0.358 e. The van der Waals surface area contributed by atoms with E-state index in [1.54, 1.807) is 6.33 Å². The summed E-state index contributed by atoms with van der Waals surface area (Å²) in [6, 6.07) is 25.1. The van der Waals surface area contributed by atoms with Crippen LogP contribution in [-0.2, 0) is 0 Å². The molecule has 0 aliphatic heterocycles. The van der Waals surface area contributed by atoms with Gasteiger partial charge in [0.15, 0.2) is 0 Å². The fourth-order valence-corrected chi connectivity index (χ4v) is 3.51. The highest BCUT2D eigenvalue weighted by Crippen LogP contribution is 2.32. The summed E-state index contributed by atoms with van der Waals surface area (Å²) in [6.07, 6.45) is 1.61. The standard InChI is InChI=1S/C23H18N4.ClH/c1-15-13-21(22-19(26-15)11-12-20-23(22)25-14-24-20)27-18-9-7-17(8-10-18)16-5-3-2-4-6-16;/h2-14,26-27H,1H3;1H. The highest BCUT2D eigenvalue weighted by Gasteiger charge is 2.10. The lowest BCUT2D eigenvalue weighted by Gasteiger charge is -2.13. The monoisotopic (exact) mass is 386 g/mol. The number of hydrogen-bond acceptors (Lipinski definition) is 3. The molecule has 0 unspecified atom stereocenters. The minimum atomic E-state index is 0. The van der Waals surface area contributed by atoms with E-state index in [9.17, 15) is 0 Å². The summed E-state index contributed by atoms with van der Waals surface area (Å²) in [7, 11) is 0. The maximum absolute atomic E-state index is 4.46. The van der Waals surface area contributed by atoms with E-state index < -0.39 is 0 Å². The number of H-pyrrole nitrogens is 1. The second-order valence-corrected chi connectivity index (χ2v) is 6.66. The first-order chi connectivity index (χ1) is 13.3. The van der Waals surface area contributed by atoms with Crippen LogP contribution in [0.4, 0.5) is 11.4 Å². The Morgan fingerprint density at radius 3 is 2.36 bits per heavy atom. The molecule has 0 spiro atoms. The number of rotatable bonds is 3. The molecule has 0 bridgehead atoms. The third-order valence-electron chi connectivity index (χ3n) is 4.77. The number of nitrogens with zero attached hydrogens (tertiary/aromatic N) is 2. The maximum atomic E-state index is 4.46. The van der Waals surface area contributed by atoms with E-state index in [1.165, 1.54) is 11.1 Å². The minimum absolute atomic E-state index is 0. The molecule has 5 rings (SSSR count). The fourth-order valence-electron chi connectivity index (χ4n) is 3.51. The number of anilines is 2. The van der Waals surface area contributed by atoms with Crippen LogP contribution in [0.1, 0.15) is 5.69 Å². The van der Waals surface area contributed by atoms with Crippen molar-refractivity contribution in [1.29, 1.82) is 0 Å². The number of hydrogen-bond donors (Lipinski definition) is 2. The van der Waals surface area contributed by atoms with Crippen molar-refractivity contribution in [2.24, 2.45) is 0 Å². The Morgan fingerprint density at radius 1 is 0.821 bits per heavy atom. The number of fused-ring (bicyclic) bond motifs is 3. The van der Waals surface area contributed by atoms with E-state index in [-0.39, 0.29) is 12.4 Å². The lowest BCUT2D eigenvalue weighted by Crippen LogP contribution is -1.95. The first-order valence-electron chi connectivity index (χ1n) is 8.93. The third kappa shape index (κ3) is 3.19. The SMILES string of the molecule is Cc1cc(Nc2ccc(-c3ccccc3)cc2)c2c(ccc3ncnc32)[nH]1.Cl. The average Bonchev–Trinajstić information content (AvgIpc) is 3.18. The average molecular weight is 387 g/mol. The van der Waals surface area contributed by atoms with E-state index in [0.717, 1.165) is 39.0 Å². The van der Waals surface area contributed by atoms with Crippen LogP contribution in [0, 0.1) is 6.92 Å². The number of aromatic amines is 1. The molecule has 2 N–H and O–H groups in total. The number of halogens is 1. The van der Waals surface area contributed by atoms with E-state index in [4.69, 9.17) is 0 Å². The van der Waals surface area contributed by atoms with Gasteiger partial charge in [-0.2, -0.15) is 0 Å². The van der Waals surface area contributed by atoms with E-state index in [1.807, 2.05) is 12.1 Å². The van der Waals surface area contributed by atoms with Gasteiger partial charge in [0.2, 0.25) is 0 Å². The number of benzene rings is 3. The molecular weight excluding hydrogens is 368 g/mol. The van der Waals surface area contributed by atoms with Gasteiger partial charge in [0.05, 0.1) is 11.2 Å². The fraction of sp³-hybridized carbons (Fsp3) is 0.0435. The number of imidazole rings is 1. The molecule has 0 saturated heterocycles.